The lowest BCUT2D eigenvalue weighted by molar-refractivity contribution is -0.0170. The summed E-state index contributed by atoms with van der Waals surface area (Å²) in [4.78, 5) is 14.1. The topological polar surface area (TPSA) is 60.5 Å². The van der Waals surface area contributed by atoms with Crippen LogP contribution in [0.15, 0.2) is 12.1 Å². The lowest BCUT2D eigenvalue weighted by Gasteiger charge is -2.32. The summed E-state index contributed by atoms with van der Waals surface area (Å²) in [6.07, 6.45) is -0.0333. The zero-order valence-corrected chi connectivity index (χ0v) is 11.6. The van der Waals surface area contributed by atoms with Gasteiger partial charge in [0.15, 0.2) is 0 Å². The molecule has 1 aliphatic heterocycles. The number of morpholine rings is 1. The summed E-state index contributed by atoms with van der Waals surface area (Å²) in [5, 5.41) is 0. The van der Waals surface area contributed by atoms with E-state index in [1.54, 1.807) is 0 Å². The molecule has 1 aliphatic rings. The molecule has 5 nitrogen and oxygen atoms in total. The quantitative estimate of drug-likeness (QED) is 0.856. The summed E-state index contributed by atoms with van der Waals surface area (Å²) in [5.74, 6) is 0.0577. The minimum atomic E-state index is -0.0333. The molecular formula is C12H20ClN3O2. The summed E-state index contributed by atoms with van der Waals surface area (Å²) >= 11 is 0. The van der Waals surface area contributed by atoms with Crippen molar-refractivity contribution in [2.75, 3.05) is 26.2 Å². The van der Waals surface area contributed by atoms with Crippen LogP contribution >= 0.6 is 12.4 Å². The lowest BCUT2D eigenvalue weighted by atomic mass is 10.2. The van der Waals surface area contributed by atoms with E-state index < -0.39 is 0 Å². The molecule has 1 fully saturated rings. The van der Waals surface area contributed by atoms with Crippen molar-refractivity contribution >= 4 is 18.3 Å². The van der Waals surface area contributed by atoms with Crippen LogP contribution in [0.1, 0.15) is 16.2 Å². The molecule has 1 aromatic heterocycles. The molecule has 1 amide bonds. The fourth-order valence-corrected chi connectivity index (χ4v) is 2.04. The van der Waals surface area contributed by atoms with Gasteiger partial charge in [-0.15, -0.1) is 12.4 Å². The third-order valence-corrected chi connectivity index (χ3v) is 3.28. The van der Waals surface area contributed by atoms with Crippen LogP contribution in [0.2, 0.25) is 0 Å². The Morgan fingerprint density at radius 2 is 2.28 bits per heavy atom. The van der Waals surface area contributed by atoms with Crippen LogP contribution in [0.25, 0.3) is 0 Å². The average molecular weight is 274 g/mol. The van der Waals surface area contributed by atoms with Gasteiger partial charge in [-0.25, -0.2) is 0 Å². The average Bonchev–Trinajstić information content (AvgIpc) is 2.69. The summed E-state index contributed by atoms with van der Waals surface area (Å²) in [7, 11) is 1.91. The SMILES string of the molecule is Cc1ccc(C(=O)N2CCOC(CN)C2)n1C.Cl. The molecule has 0 spiro atoms. The van der Waals surface area contributed by atoms with Crippen LogP contribution in [0, 0.1) is 6.92 Å². The predicted octanol–water partition coefficient (Wildman–Crippen LogP) is 0.555. The van der Waals surface area contributed by atoms with Crippen LogP contribution < -0.4 is 5.73 Å². The minimum Gasteiger partial charge on any atom is -0.373 e. The van der Waals surface area contributed by atoms with Crippen molar-refractivity contribution < 1.29 is 9.53 Å². The maximum Gasteiger partial charge on any atom is 0.270 e. The highest BCUT2D eigenvalue weighted by atomic mass is 35.5. The highest BCUT2D eigenvalue weighted by molar-refractivity contribution is 5.93. The minimum absolute atomic E-state index is 0. The zero-order valence-electron chi connectivity index (χ0n) is 10.8. The molecule has 0 bridgehead atoms. The monoisotopic (exact) mass is 273 g/mol. The Balaban J connectivity index is 0.00000162. The number of aromatic nitrogens is 1. The number of aryl methyl sites for hydroxylation is 1. The second-order valence-electron chi connectivity index (χ2n) is 4.40. The van der Waals surface area contributed by atoms with E-state index in [1.165, 1.54) is 0 Å². The first-order valence-corrected chi connectivity index (χ1v) is 5.86. The molecule has 18 heavy (non-hydrogen) atoms. The molecule has 1 saturated heterocycles. The van der Waals surface area contributed by atoms with E-state index in [0.717, 1.165) is 11.4 Å². The van der Waals surface area contributed by atoms with Crippen LogP contribution in [-0.4, -0.2) is 47.7 Å². The molecule has 0 radical (unpaired) electrons. The number of hydrogen-bond donors (Lipinski definition) is 1. The molecule has 6 heteroatoms. The lowest BCUT2D eigenvalue weighted by Crippen LogP contribution is -2.48. The van der Waals surface area contributed by atoms with Crippen molar-refractivity contribution in [3.8, 4) is 0 Å². The number of halogens is 1. The Labute approximate surface area is 113 Å². The van der Waals surface area contributed by atoms with Gasteiger partial charge in [-0.2, -0.15) is 0 Å². The van der Waals surface area contributed by atoms with E-state index in [2.05, 4.69) is 0 Å². The van der Waals surface area contributed by atoms with E-state index in [0.29, 0.717) is 26.2 Å². The molecule has 102 valence electrons. The van der Waals surface area contributed by atoms with E-state index in [4.69, 9.17) is 10.5 Å². The first-order valence-electron chi connectivity index (χ1n) is 5.86. The van der Waals surface area contributed by atoms with Crippen LogP contribution in [-0.2, 0) is 11.8 Å². The number of nitrogens with two attached hydrogens (primary N) is 1. The van der Waals surface area contributed by atoms with Gasteiger partial charge in [-0.05, 0) is 19.1 Å². The smallest absolute Gasteiger partial charge is 0.270 e. The van der Waals surface area contributed by atoms with Crippen molar-refractivity contribution in [2.45, 2.75) is 13.0 Å². The van der Waals surface area contributed by atoms with E-state index in [-0.39, 0.29) is 24.4 Å². The molecular weight excluding hydrogens is 254 g/mol. The molecule has 0 aliphatic carbocycles. The molecule has 1 atom stereocenters. The Kier molecular flexibility index (Phi) is 5.19. The number of rotatable bonds is 2. The third kappa shape index (κ3) is 2.85. The van der Waals surface area contributed by atoms with E-state index >= 15 is 0 Å². The van der Waals surface area contributed by atoms with Gasteiger partial charge in [0, 0.05) is 32.4 Å². The maximum absolute atomic E-state index is 12.3. The molecule has 1 aromatic rings. The van der Waals surface area contributed by atoms with Crippen molar-refractivity contribution in [3.05, 3.63) is 23.5 Å². The van der Waals surface area contributed by atoms with E-state index in [9.17, 15) is 4.79 Å². The maximum atomic E-state index is 12.3. The predicted molar refractivity (Wildman–Crippen MR) is 72.1 cm³/mol. The van der Waals surface area contributed by atoms with Gasteiger partial charge >= 0.3 is 0 Å². The van der Waals surface area contributed by atoms with Gasteiger partial charge in [0.05, 0.1) is 12.7 Å². The summed E-state index contributed by atoms with van der Waals surface area (Å²) in [6.45, 7) is 4.23. The Bertz CT molecular complexity index is 419. The van der Waals surface area contributed by atoms with Gasteiger partial charge in [0.25, 0.3) is 5.91 Å². The van der Waals surface area contributed by atoms with Crippen LogP contribution in [0.3, 0.4) is 0 Å². The van der Waals surface area contributed by atoms with Crippen LogP contribution in [0.5, 0.6) is 0 Å². The number of amides is 1. The second-order valence-corrected chi connectivity index (χ2v) is 4.40. The first kappa shape index (κ1) is 15.0. The van der Waals surface area contributed by atoms with Gasteiger partial charge in [-0.3, -0.25) is 4.79 Å². The fraction of sp³-hybridized carbons (Fsp3) is 0.583. The Hall–Kier alpha value is -1.04. The van der Waals surface area contributed by atoms with Crippen LogP contribution in [0.4, 0.5) is 0 Å². The highest BCUT2D eigenvalue weighted by Crippen LogP contribution is 2.12. The summed E-state index contributed by atoms with van der Waals surface area (Å²) in [5.41, 5.74) is 7.37. The molecule has 1 unspecified atom stereocenters. The van der Waals surface area contributed by atoms with Gasteiger partial charge < -0.3 is 19.9 Å². The standard InChI is InChI=1S/C12H19N3O2.ClH/c1-9-3-4-11(14(9)2)12(16)15-5-6-17-10(7-13)8-15;/h3-4,10H,5-8,13H2,1-2H3;1H. The number of carbonyl (C=O) groups excluding carboxylic acids is 1. The summed E-state index contributed by atoms with van der Waals surface area (Å²) < 4.78 is 7.37. The molecule has 2 N–H and O–H groups in total. The normalized spacial score (nSPS) is 19.5. The number of carbonyl (C=O) groups is 1. The Morgan fingerprint density at radius 1 is 1.56 bits per heavy atom. The molecule has 2 rings (SSSR count). The van der Waals surface area contributed by atoms with Crippen molar-refractivity contribution in [1.29, 1.82) is 0 Å². The van der Waals surface area contributed by atoms with Gasteiger partial charge in [0.2, 0.25) is 0 Å². The van der Waals surface area contributed by atoms with Gasteiger partial charge in [0.1, 0.15) is 5.69 Å². The zero-order chi connectivity index (χ0) is 12.4. The van der Waals surface area contributed by atoms with Crippen molar-refractivity contribution in [3.63, 3.8) is 0 Å². The number of hydrogen-bond acceptors (Lipinski definition) is 3. The largest absolute Gasteiger partial charge is 0.373 e. The van der Waals surface area contributed by atoms with E-state index in [1.807, 2.05) is 35.6 Å². The Morgan fingerprint density at radius 3 is 2.83 bits per heavy atom. The third-order valence-electron chi connectivity index (χ3n) is 3.28. The van der Waals surface area contributed by atoms with Gasteiger partial charge in [-0.1, -0.05) is 0 Å². The molecule has 0 saturated carbocycles. The second kappa shape index (κ2) is 6.22. The molecule has 2 heterocycles. The summed E-state index contributed by atoms with van der Waals surface area (Å²) in [6, 6.07) is 3.82. The fourth-order valence-electron chi connectivity index (χ4n) is 2.04. The van der Waals surface area contributed by atoms with Crippen molar-refractivity contribution in [1.82, 2.24) is 9.47 Å². The van der Waals surface area contributed by atoms with Crippen molar-refractivity contribution in [2.24, 2.45) is 12.8 Å². The first-order chi connectivity index (χ1) is 8.13. The molecule has 0 aromatic carbocycles. The highest BCUT2D eigenvalue weighted by Gasteiger charge is 2.25. The number of nitrogens with zero attached hydrogens (tertiary/aromatic N) is 2. The number of ether oxygens (including phenoxy) is 1.